The largest absolute Gasteiger partial charge is 0.351 e. The first-order chi connectivity index (χ1) is 11.6. The van der Waals surface area contributed by atoms with Crippen molar-refractivity contribution in [3.8, 4) is 10.6 Å². The van der Waals surface area contributed by atoms with Crippen molar-refractivity contribution in [3.63, 3.8) is 0 Å². The number of thiophene rings is 1. The monoisotopic (exact) mass is 341 g/mol. The molecule has 1 aromatic carbocycles. The van der Waals surface area contributed by atoms with Gasteiger partial charge in [-0.3, -0.25) is 9.89 Å². The maximum absolute atomic E-state index is 12.2. The van der Waals surface area contributed by atoms with Crippen LogP contribution in [0.5, 0.6) is 0 Å². The van der Waals surface area contributed by atoms with E-state index in [1.165, 1.54) is 11.3 Å². The molecule has 0 aliphatic carbocycles. The molecular weight excluding hydrogens is 326 g/mol. The third-order valence-corrected chi connectivity index (χ3v) is 4.36. The van der Waals surface area contributed by atoms with E-state index < -0.39 is 6.03 Å². The van der Waals surface area contributed by atoms with Gasteiger partial charge in [-0.05, 0) is 35.9 Å². The Bertz CT molecular complexity index is 857. The number of carbonyl (C=O) groups is 2. The van der Waals surface area contributed by atoms with Gasteiger partial charge in [-0.25, -0.2) is 4.79 Å². The summed E-state index contributed by atoms with van der Waals surface area (Å²) in [6.45, 7) is 0.352. The number of amides is 3. The molecule has 0 unspecified atom stereocenters. The smallest absolute Gasteiger partial charge is 0.316 e. The first-order valence-corrected chi connectivity index (χ1v) is 7.96. The number of nitrogens with zero attached hydrogens (tertiary/aromatic N) is 1. The molecule has 3 rings (SSSR count). The van der Waals surface area contributed by atoms with Crippen molar-refractivity contribution in [2.45, 2.75) is 6.54 Å². The Morgan fingerprint density at radius 1 is 1.21 bits per heavy atom. The molecule has 2 aromatic heterocycles. The maximum Gasteiger partial charge on any atom is 0.316 e. The summed E-state index contributed by atoms with van der Waals surface area (Å²) in [7, 11) is 0. The summed E-state index contributed by atoms with van der Waals surface area (Å²) in [5, 5.41) is 12.1. The number of hydrogen-bond acceptors (Lipinski definition) is 4. The van der Waals surface area contributed by atoms with Crippen molar-refractivity contribution in [2.24, 2.45) is 5.73 Å². The Balaban J connectivity index is 1.62. The van der Waals surface area contributed by atoms with Crippen LogP contribution >= 0.6 is 11.3 Å². The van der Waals surface area contributed by atoms with Crippen LogP contribution in [0.25, 0.3) is 10.6 Å². The summed E-state index contributed by atoms with van der Waals surface area (Å²) >= 11 is 1.39. The van der Waals surface area contributed by atoms with Crippen molar-refractivity contribution in [3.05, 3.63) is 59.1 Å². The fraction of sp³-hybridized carbons (Fsp3) is 0.0625. The van der Waals surface area contributed by atoms with Gasteiger partial charge < -0.3 is 16.4 Å². The molecule has 0 bridgehead atoms. The second-order valence-corrected chi connectivity index (χ2v) is 6.09. The van der Waals surface area contributed by atoms with Gasteiger partial charge in [0.15, 0.2) is 0 Å². The third-order valence-electron chi connectivity index (χ3n) is 3.24. The first kappa shape index (κ1) is 15.8. The van der Waals surface area contributed by atoms with E-state index in [1.807, 2.05) is 18.2 Å². The lowest BCUT2D eigenvalue weighted by Gasteiger charge is -2.06. The number of aromatic nitrogens is 2. The summed E-state index contributed by atoms with van der Waals surface area (Å²) in [6.07, 6.45) is 1.67. The molecule has 122 valence electrons. The number of urea groups is 1. The van der Waals surface area contributed by atoms with E-state index in [4.69, 9.17) is 5.73 Å². The summed E-state index contributed by atoms with van der Waals surface area (Å²) in [5.41, 5.74) is 7.42. The van der Waals surface area contributed by atoms with Gasteiger partial charge >= 0.3 is 6.03 Å². The van der Waals surface area contributed by atoms with Crippen LogP contribution in [0.1, 0.15) is 15.2 Å². The highest BCUT2D eigenvalue weighted by Gasteiger charge is 2.11. The highest BCUT2D eigenvalue weighted by Crippen LogP contribution is 2.26. The molecular formula is C16H15N5O2S. The molecule has 2 heterocycles. The number of aromatic amines is 1. The summed E-state index contributed by atoms with van der Waals surface area (Å²) in [6, 6.07) is 12.0. The predicted molar refractivity (Wildman–Crippen MR) is 92.7 cm³/mol. The van der Waals surface area contributed by atoms with Crippen LogP contribution < -0.4 is 16.4 Å². The summed E-state index contributed by atoms with van der Waals surface area (Å²) in [5.74, 6) is -0.154. The van der Waals surface area contributed by atoms with Crippen LogP contribution in [-0.2, 0) is 6.54 Å². The quantitative estimate of drug-likeness (QED) is 0.572. The fourth-order valence-corrected chi connectivity index (χ4v) is 3.07. The van der Waals surface area contributed by atoms with Crippen molar-refractivity contribution < 1.29 is 9.59 Å². The van der Waals surface area contributed by atoms with Gasteiger partial charge in [0, 0.05) is 18.4 Å². The second kappa shape index (κ2) is 6.97. The van der Waals surface area contributed by atoms with E-state index in [9.17, 15) is 9.59 Å². The van der Waals surface area contributed by atoms with Gasteiger partial charge in [0.25, 0.3) is 5.91 Å². The minimum absolute atomic E-state index is 0.154. The average Bonchev–Trinajstić information content (AvgIpc) is 3.23. The van der Waals surface area contributed by atoms with E-state index in [2.05, 4.69) is 20.8 Å². The van der Waals surface area contributed by atoms with Crippen LogP contribution in [0.4, 0.5) is 10.5 Å². The Hall–Kier alpha value is -3.13. The number of rotatable bonds is 5. The lowest BCUT2D eigenvalue weighted by atomic mass is 10.2. The van der Waals surface area contributed by atoms with E-state index >= 15 is 0 Å². The molecule has 0 saturated carbocycles. The van der Waals surface area contributed by atoms with Gasteiger partial charge in [-0.2, -0.15) is 5.10 Å². The van der Waals surface area contributed by atoms with E-state index in [0.29, 0.717) is 17.1 Å². The number of carbonyl (C=O) groups excluding carboxylic acids is 2. The van der Waals surface area contributed by atoms with Gasteiger partial charge in [0.1, 0.15) is 0 Å². The molecule has 5 N–H and O–H groups in total. The van der Waals surface area contributed by atoms with Crippen molar-refractivity contribution >= 4 is 29.0 Å². The van der Waals surface area contributed by atoms with Crippen LogP contribution in [0.15, 0.2) is 48.7 Å². The Kier molecular flexibility index (Phi) is 4.57. The molecule has 3 aromatic rings. The van der Waals surface area contributed by atoms with Gasteiger partial charge in [0.05, 0.1) is 15.4 Å². The molecule has 7 nitrogen and oxygen atoms in total. The number of H-pyrrole nitrogens is 1. The number of nitrogens with two attached hydrogens (primary N) is 1. The zero-order valence-corrected chi connectivity index (χ0v) is 13.4. The van der Waals surface area contributed by atoms with E-state index in [0.717, 1.165) is 16.1 Å². The van der Waals surface area contributed by atoms with Crippen LogP contribution in [0.2, 0.25) is 0 Å². The predicted octanol–water partition coefficient (Wildman–Crippen LogP) is 2.56. The first-order valence-electron chi connectivity index (χ1n) is 7.15. The maximum atomic E-state index is 12.2. The fourth-order valence-electron chi connectivity index (χ4n) is 2.17. The molecule has 8 heteroatoms. The molecule has 0 spiro atoms. The number of anilines is 1. The van der Waals surface area contributed by atoms with Crippen LogP contribution in [0.3, 0.4) is 0 Å². The normalized spacial score (nSPS) is 10.3. The number of nitrogens with one attached hydrogen (secondary N) is 3. The van der Waals surface area contributed by atoms with E-state index in [1.54, 1.807) is 30.5 Å². The van der Waals surface area contributed by atoms with Crippen LogP contribution in [0, 0.1) is 0 Å². The zero-order chi connectivity index (χ0) is 16.9. The molecule has 0 radical (unpaired) electrons. The minimum Gasteiger partial charge on any atom is -0.351 e. The number of hydrogen-bond donors (Lipinski definition) is 4. The number of primary amides is 1. The SMILES string of the molecule is NC(=O)Nc1cccc(CNC(=O)c2ccc(-c3ccn[nH]3)s2)c1. The molecule has 0 atom stereocenters. The highest BCUT2D eigenvalue weighted by atomic mass is 32.1. The Labute approximate surface area is 141 Å². The Morgan fingerprint density at radius 3 is 2.83 bits per heavy atom. The Morgan fingerprint density at radius 2 is 2.08 bits per heavy atom. The standard InChI is InChI=1S/C16H15N5O2S/c17-16(23)20-11-3-1-2-10(8-11)9-18-15(22)14-5-4-13(24-14)12-6-7-19-21-12/h1-8H,9H2,(H,18,22)(H,19,21)(H3,17,20,23). The van der Waals surface area contributed by atoms with Gasteiger partial charge in [-0.1, -0.05) is 12.1 Å². The topological polar surface area (TPSA) is 113 Å². The van der Waals surface area contributed by atoms with Gasteiger partial charge in [-0.15, -0.1) is 11.3 Å². The lowest BCUT2D eigenvalue weighted by Crippen LogP contribution is -2.22. The second-order valence-electron chi connectivity index (χ2n) is 5.01. The van der Waals surface area contributed by atoms with E-state index in [-0.39, 0.29) is 5.91 Å². The zero-order valence-electron chi connectivity index (χ0n) is 12.6. The van der Waals surface area contributed by atoms with Crippen molar-refractivity contribution in [1.82, 2.24) is 15.5 Å². The van der Waals surface area contributed by atoms with Gasteiger partial charge in [0.2, 0.25) is 0 Å². The lowest BCUT2D eigenvalue weighted by molar-refractivity contribution is 0.0955. The highest BCUT2D eigenvalue weighted by molar-refractivity contribution is 7.17. The number of benzene rings is 1. The minimum atomic E-state index is -0.624. The molecule has 0 fully saturated rings. The summed E-state index contributed by atoms with van der Waals surface area (Å²) < 4.78 is 0. The molecule has 3 amide bonds. The third kappa shape index (κ3) is 3.79. The van der Waals surface area contributed by atoms with Crippen LogP contribution in [-0.4, -0.2) is 22.1 Å². The summed E-state index contributed by atoms with van der Waals surface area (Å²) in [4.78, 5) is 24.7. The molecule has 0 saturated heterocycles. The molecule has 0 aliphatic rings. The average molecular weight is 341 g/mol. The molecule has 24 heavy (non-hydrogen) atoms. The van der Waals surface area contributed by atoms with Crippen molar-refractivity contribution in [1.29, 1.82) is 0 Å². The van der Waals surface area contributed by atoms with Crippen molar-refractivity contribution in [2.75, 3.05) is 5.32 Å². The molecule has 0 aliphatic heterocycles.